The number of carbonyl (C=O) groups excluding carboxylic acids is 4. The van der Waals surface area contributed by atoms with Crippen LogP contribution in [-0.4, -0.2) is 36.3 Å². The van der Waals surface area contributed by atoms with Gasteiger partial charge in [0.05, 0.1) is 17.4 Å². The van der Waals surface area contributed by atoms with E-state index in [0.29, 0.717) is 24.2 Å². The van der Waals surface area contributed by atoms with Gasteiger partial charge in [0.25, 0.3) is 17.7 Å². The summed E-state index contributed by atoms with van der Waals surface area (Å²) in [5, 5.41) is 5.47. The van der Waals surface area contributed by atoms with Gasteiger partial charge in [-0.05, 0) is 68.3 Å². The monoisotopic (exact) mass is 531 g/mol. The SMILES string of the molecule is CC(C)OC(=O)c1cccc(N2C(=O)C(Cl)=C(Nc3ccc(C(=O)NCCc4ccccc4)cc3)C2=O)c1. The normalized spacial score (nSPS) is 13.2. The quantitative estimate of drug-likeness (QED) is 0.307. The summed E-state index contributed by atoms with van der Waals surface area (Å²) in [6.07, 6.45) is 0.396. The fourth-order valence-electron chi connectivity index (χ4n) is 3.82. The minimum absolute atomic E-state index is 0.105. The fraction of sp³-hybridized carbons (Fsp3) is 0.172. The molecule has 3 aromatic carbocycles. The Morgan fingerprint density at radius 3 is 2.29 bits per heavy atom. The van der Waals surface area contributed by atoms with E-state index in [1.165, 1.54) is 18.2 Å². The number of rotatable bonds is 9. The molecule has 1 aliphatic rings. The first-order valence-corrected chi connectivity index (χ1v) is 12.4. The van der Waals surface area contributed by atoms with Crippen LogP contribution in [0.25, 0.3) is 0 Å². The molecule has 1 heterocycles. The lowest BCUT2D eigenvalue weighted by Crippen LogP contribution is -2.32. The summed E-state index contributed by atoms with van der Waals surface area (Å²) in [5.41, 5.74) is 2.33. The van der Waals surface area contributed by atoms with Crippen molar-refractivity contribution in [1.29, 1.82) is 0 Å². The van der Waals surface area contributed by atoms with Gasteiger partial charge in [0.1, 0.15) is 10.7 Å². The first-order valence-electron chi connectivity index (χ1n) is 12.0. The maximum absolute atomic E-state index is 13.1. The van der Waals surface area contributed by atoms with Crippen molar-refractivity contribution in [3.05, 3.63) is 106 Å². The van der Waals surface area contributed by atoms with E-state index < -0.39 is 17.8 Å². The summed E-state index contributed by atoms with van der Waals surface area (Å²) >= 11 is 6.23. The Morgan fingerprint density at radius 1 is 0.895 bits per heavy atom. The van der Waals surface area contributed by atoms with Crippen molar-refractivity contribution in [2.45, 2.75) is 26.4 Å². The van der Waals surface area contributed by atoms with Gasteiger partial charge in [-0.25, -0.2) is 9.69 Å². The van der Waals surface area contributed by atoms with Gasteiger partial charge >= 0.3 is 5.97 Å². The van der Waals surface area contributed by atoms with Crippen molar-refractivity contribution in [3.63, 3.8) is 0 Å². The predicted molar refractivity (Wildman–Crippen MR) is 145 cm³/mol. The van der Waals surface area contributed by atoms with Crippen molar-refractivity contribution in [2.75, 3.05) is 16.8 Å². The van der Waals surface area contributed by atoms with E-state index in [2.05, 4.69) is 10.6 Å². The van der Waals surface area contributed by atoms with Crippen LogP contribution in [0.3, 0.4) is 0 Å². The van der Waals surface area contributed by atoms with E-state index in [4.69, 9.17) is 16.3 Å². The number of anilines is 2. The van der Waals surface area contributed by atoms with Gasteiger partial charge in [0.15, 0.2) is 0 Å². The summed E-state index contributed by atoms with van der Waals surface area (Å²) in [7, 11) is 0. The average Bonchev–Trinajstić information content (AvgIpc) is 3.12. The molecule has 0 atom stereocenters. The van der Waals surface area contributed by atoms with Crippen LogP contribution in [0.1, 0.15) is 40.1 Å². The van der Waals surface area contributed by atoms with Crippen LogP contribution < -0.4 is 15.5 Å². The van der Waals surface area contributed by atoms with Crippen LogP contribution in [0.4, 0.5) is 11.4 Å². The highest BCUT2D eigenvalue weighted by Crippen LogP contribution is 2.30. The van der Waals surface area contributed by atoms with Gasteiger partial charge in [0.2, 0.25) is 0 Å². The Kier molecular flexibility index (Phi) is 8.23. The second-order valence-corrected chi connectivity index (χ2v) is 9.21. The zero-order valence-corrected chi connectivity index (χ0v) is 21.6. The molecule has 0 spiro atoms. The molecular formula is C29H26ClN3O5. The Hall–Kier alpha value is -4.43. The minimum Gasteiger partial charge on any atom is -0.459 e. The number of ether oxygens (including phenoxy) is 1. The molecule has 194 valence electrons. The third-order valence-corrected chi connectivity index (χ3v) is 6.02. The number of nitrogens with one attached hydrogen (secondary N) is 2. The Morgan fingerprint density at radius 2 is 1.61 bits per heavy atom. The summed E-state index contributed by atoms with van der Waals surface area (Å²) in [6, 6.07) is 22.3. The maximum atomic E-state index is 13.1. The first kappa shape index (κ1) is 26.6. The van der Waals surface area contributed by atoms with Gasteiger partial charge < -0.3 is 15.4 Å². The Bertz CT molecular complexity index is 1400. The molecule has 3 amide bonds. The van der Waals surface area contributed by atoms with E-state index in [1.54, 1.807) is 44.2 Å². The molecule has 0 bridgehead atoms. The molecular weight excluding hydrogens is 506 g/mol. The van der Waals surface area contributed by atoms with E-state index in [-0.39, 0.29) is 34.0 Å². The zero-order valence-electron chi connectivity index (χ0n) is 20.9. The minimum atomic E-state index is -0.719. The average molecular weight is 532 g/mol. The molecule has 3 aromatic rings. The molecule has 0 aromatic heterocycles. The van der Waals surface area contributed by atoms with Crippen molar-refractivity contribution in [3.8, 4) is 0 Å². The lowest BCUT2D eigenvalue weighted by atomic mass is 10.1. The van der Waals surface area contributed by atoms with Crippen LogP contribution in [0, 0.1) is 0 Å². The zero-order chi connectivity index (χ0) is 27.2. The number of hydrogen-bond donors (Lipinski definition) is 2. The number of esters is 1. The third-order valence-electron chi connectivity index (χ3n) is 5.67. The molecule has 8 nitrogen and oxygen atoms in total. The lowest BCUT2D eigenvalue weighted by molar-refractivity contribution is -0.120. The highest BCUT2D eigenvalue weighted by molar-refractivity contribution is 6.53. The van der Waals surface area contributed by atoms with Gasteiger partial charge in [-0.2, -0.15) is 0 Å². The highest BCUT2D eigenvalue weighted by atomic mass is 35.5. The molecule has 0 saturated heterocycles. The Labute approximate surface area is 225 Å². The number of carbonyl (C=O) groups is 4. The largest absolute Gasteiger partial charge is 0.459 e. The topological polar surface area (TPSA) is 105 Å². The standard InChI is InChI=1S/C29H26ClN3O5/c1-18(2)38-29(37)21-9-6-10-23(17-21)33-27(35)24(30)25(28(33)36)32-22-13-11-20(12-14-22)26(34)31-16-15-19-7-4-3-5-8-19/h3-14,17-18,32H,15-16H2,1-2H3,(H,31,34). The van der Waals surface area contributed by atoms with Crippen molar-refractivity contribution in [2.24, 2.45) is 0 Å². The number of nitrogens with zero attached hydrogens (tertiary/aromatic N) is 1. The molecule has 0 saturated carbocycles. The van der Waals surface area contributed by atoms with Crippen molar-refractivity contribution >= 4 is 46.7 Å². The highest BCUT2D eigenvalue weighted by Gasteiger charge is 2.39. The third kappa shape index (κ3) is 6.10. The van der Waals surface area contributed by atoms with E-state index in [9.17, 15) is 19.2 Å². The number of hydrogen-bond acceptors (Lipinski definition) is 6. The van der Waals surface area contributed by atoms with Crippen LogP contribution >= 0.6 is 11.6 Å². The van der Waals surface area contributed by atoms with Gasteiger partial charge in [0, 0.05) is 17.8 Å². The van der Waals surface area contributed by atoms with Crippen molar-refractivity contribution in [1.82, 2.24) is 5.32 Å². The molecule has 38 heavy (non-hydrogen) atoms. The summed E-state index contributed by atoms with van der Waals surface area (Å²) in [5.74, 6) is -2.18. The molecule has 9 heteroatoms. The molecule has 0 aliphatic carbocycles. The van der Waals surface area contributed by atoms with Crippen LogP contribution in [-0.2, 0) is 20.7 Å². The molecule has 0 fully saturated rings. The molecule has 2 N–H and O–H groups in total. The fourth-order valence-corrected chi connectivity index (χ4v) is 4.03. The van der Waals surface area contributed by atoms with Crippen LogP contribution in [0.15, 0.2) is 89.6 Å². The number of imide groups is 1. The summed E-state index contributed by atoms with van der Waals surface area (Å²) in [4.78, 5) is 51.6. The van der Waals surface area contributed by atoms with E-state index >= 15 is 0 Å². The molecule has 4 rings (SSSR count). The van der Waals surface area contributed by atoms with Gasteiger partial charge in [-0.3, -0.25) is 14.4 Å². The first-order chi connectivity index (χ1) is 18.2. The Balaban J connectivity index is 1.41. The van der Waals surface area contributed by atoms with Crippen LogP contribution in [0.2, 0.25) is 0 Å². The smallest absolute Gasteiger partial charge is 0.338 e. The predicted octanol–water partition coefficient (Wildman–Crippen LogP) is 4.66. The number of amides is 3. The lowest BCUT2D eigenvalue weighted by Gasteiger charge is -2.16. The second kappa shape index (κ2) is 11.7. The van der Waals surface area contributed by atoms with Gasteiger partial charge in [-0.1, -0.05) is 48.0 Å². The number of benzene rings is 3. The van der Waals surface area contributed by atoms with Crippen LogP contribution in [0.5, 0.6) is 0 Å². The van der Waals surface area contributed by atoms with E-state index in [0.717, 1.165) is 10.5 Å². The van der Waals surface area contributed by atoms with E-state index in [1.807, 2.05) is 30.3 Å². The second-order valence-electron chi connectivity index (χ2n) is 8.83. The maximum Gasteiger partial charge on any atom is 0.338 e. The molecule has 0 radical (unpaired) electrons. The number of halogens is 1. The van der Waals surface area contributed by atoms with Crippen molar-refractivity contribution < 1.29 is 23.9 Å². The van der Waals surface area contributed by atoms with Gasteiger partial charge in [-0.15, -0.1) is 0 Å². The molecule has 1 aliphatic heterocycles. The molecule has 0 unspecified atom stereocenters. The summed E-state index contributed by atoms with van der Waals surface area (Å²) in [6.45, 7) is 3.94. The summed E-state index contributed by atoms with van der Waals surface area (Å²) < 4.78 is 5.19.